The summed E-state index contributed by atoms with van der Waals surface area (Å²) >= 11 is 0. The molecule has 0 saturated carbocycles. The highest BCUT2D eigenvalue weighted by Crippen LogP contribution is 2.31. The molecule has 2 atom stereocenters. The highest BCUT2D eigenvalue weighted by Gasteiger charge is 2.32. The first-order valence-electron chi connectivity index (χ1n) is 11.0. The fourth-order valence-electron chi connectivity index (χ4n) is 4.20. The van der Waals surface area contributed by atoms with Crippen molar-refractivity contribution in [2.75, 3.05) is 18.4 Å². The highest BCUT2D eigenvalue weighted by molar-refractivity contribution is 7.89. The Morgan fingerprint density at radius 1 is 1.09 bits per heavy atom. The summed E-state index contributed by atoms with van der Waals surface area (Å²) in [5.74, 6) is 0.510. The van der Waals surface area contributed by atoms with E-state index in [1.165, 1.54) is 16.4 Å². The molecule has 0 bridgehead atoms. The largest absolute Gasteiger partial charge is 0.508 e. The van der Waals surface area contributed by atoms with Gasteiger partial charge in [-0.1, -0.05) is 24.6 Å². The summed E-state index contributed by atoms with van der Waals surface area (Å²) in [6.07, 6.45) is 2.22. The van der Waals surface area contributed by atoms with E-state index in [0.29, 0.717) is 31.1 Å². The number of nitrogens with zero attached hydrogens (tertiary/aromatic N) is 1. The van der Waals surface area contributed by atoms with E-state index in [-0.39, 0.29) is 22.6 Å². The molecule has 2 heterocycles. The zero-order valence-electron chi connectivity index (χ0n) is 18.3. The van der Waals surface area contributed by atoms with Crippen molar-refractivity contribution in [3.05, 3.63) is 53.6 Å². The van der Waals surface area contributed by atoms with Crippen LogP contribution < -0.4 is 16.2 Å². The van der Waals surface area contributed by atoms with Crippen LogP contribution in [0.25, 0.3) is 0 Å². The maximum absolute atomic E-state index is 12.9. The standard InChI is InChI=1S/C23H30N4O4S/c1-15-9-11-27(12-10-15)32(30,31)18-6-4-17(5-7-18)24-23(29)21-14-20(25-26-21)19-13-16(2)3-8-22(19)28/h3-8,13,15,20-21,25-26,28H,9-12,14H2,1-2H3,(H,24,29). The second-order valence-electron chi connectivity index (χ2n) is 8.79. The molecule has 2 aliphatic rings. The van der Waals surface area contributed by atoms with Gasteiger partial charge in [-0.05, 0) is 62.4 Å². The zero-order valence-corrected chi connectivity index (χ0v) is 19.2. The Labute approximate surface area is 189 Å². The molecule has 32 heavy (non-hydrogen) atoms. The Balaban J connectivity index is 1.37. The lowest BCUT2D eigenvalue weighted by atomic mass is 9.99. The molecule has 2 aromatic carbocycles. The summed E-state index contributed by atoms with van der Waals surface area (Å²) in [4.78, 5) is 12.9. The third kappa shape index (κ3) is 4.80. The van der Waals surface area contributed by atoms with Gasteiger partial charge < -0.3 is 10.4 Å². The summed E-state index contributed by atoms with van der Waals surface area (Å²) in [5.41, 5.74) is 8.36. The van der Waals surface area contributed by atoms with E-state index in [2.05, 4.69) is 23.1 Å². The molecular formula is C23H30N4O4S. The molecule has 2 unspecified atom stereocenters. The molecule has 9 heteroatoms. The van der Waals surface area contributed by atoms with Crippen molar-refractivity contribution in [1.82, 2.24) is 15.2 Å². The van der Waals surface area contributed by atoms with Crippen LogP contribution in [0.15, 0.2) is 47.4 Å². The minimum Gasteiger partial charge on any atom is -0.508 e. The number of amides is 1. The van der Waals surface area contributed by atoms with Gasteiger partial charge >= 0.3 is 0 Å². The van der Waals surface area contributed by atoms with Gasteiger partial charge in [0.15, 0.2) is 0 Å². The van der Waals surface area contributed by atoms with Crippen LogP contribution in [0.2, 0.25) is 0 Å². The molecule has 0 radical (unpaired) electrons. The second-order valence-corrected chi connectivity index (χ2v) is 10.7. The Morgan fingerprint density at radius 3 is 2.47 bits per heavy atom. The van der Waals surface area contributed by atoms with Gasteiger partial charge in [-0.2, -0.15) is 4.31 Å². The molecule has 8 nitrogen and oxygen atoms in total. The third-order valence-electron chi connectivity index (χ3n) is 6.28. The van der Waals surface area contributed by atoms with E-state index in [0.717, 1.165) is 24.0 Å². The SMILES string of the molecule is Cc1ccc(O)c(C2CC(C(=O)Nc3ccc(S(=O)(=O)N4CCC(C)CC4)cc3)NN2)c1. The number of aryl methyl sites for hydroxylation is 1. The summed E-state index contributed by atoms with van der Waals surface area (Å²) in [6, 6.07) is 11.0. The summed E-state index contributed by atoms with van der Waals surface area (Å²) in [7, 11) is -3.52. The Morgan fingerprint density at radius 2 is 1.78 bits per heavy atom. The Kier molecular flexibility index (Phi) is 6.52. The molecule has 0 aromatic heterocycles. The van der Waals surface area contributed by atoms with Crippen LogP contribution in [0.3, 0.4) is 0 Å². The maximum Gasteiger partial charge on any atom is 0.243 e. The number of phenols is 1. The summed E-state index contributed by atoms with van der Waals surface area (Å²) in [5, 5.41) is 13.0. The van der Waals surface area contributed by atoms with E-state index in [4.69, 9.17) is 0 Å². The van der Waals surface area contributed by atoms with Crippen molar-refractivity contribution in [1.29, 1.82) is 0 Å². The summed E-state index contributed by atoms with van der Waals surface area (Å²) < 4.78 is 27.3. The number of phenolic OH excluding ortho intramolecular Hbond substituents is 1. The van der Waals surface area contributed by atoms with Crippen LogP contribution in [0, 0.1) is 12.8 Å². The maximum atomic E-state index is 12.9. The predicted octanol–water partition coefficient (Wildman–Crippen LogP) is 2.67. The minimum atomic E-state index is -3.52. The first-order valence-corrected chi connectivity index (χ1v) is 12.4. The molecule has 2 fully saturated rings. The molecule has 4 N–H and O–H groups in total. The number of hydrogen-bond donors (Lipinski definition) is 4. The van der Waals surface area contributed by atoms with Gasteiger partial charge in [0.25, 0.3) is 0 Å². The van der Waals surface area contributed by atoms with Crippen molar-refractivity contribution >= 4 is 21.6 Å². The predicted molar refractivity (Wildman–Crippen MR) is 122 cm³/mol. The number of anilines is 1. The van der Waals surface area contributed by atoms with Gasteiger partial charge in [0.05, 0.1) is 10.9 Å². The number of piperidine rings is 1. The van der Waals surface area contributed by atoms with E-state index >= 15 is 0 Å². The molecule has 2 saturated heterocycles. The van der Waals surface area contributed by atoms with E-state index in [1.807, 2.05) is 19.1 Å². The number of carbonyl (C=O) groups excluding carboxylic acids is 1. The van der Waals surface area contributed by atoms with Crippen LogP contribution in [0.5, 0.6) is 5.75 Å². The van der Waals surface area contributed by atoms with Crippen LogP contribution in [-0.4, -0.2) is 42.9 Å². The summed E-state index contributed by atoms with van der Waals surface area (Å²) in [6.45, 7) is 5.17. The van der Waals surface area contributed by atoms with Crippen LogP contribution in [0.1, 0.15) is 43.4 Å². The number of nitrogens with one attached hydrogen (secondary N) is 3. The van der Waals surface area contributed by atoms with E-state index < -0.39 is 16.1 Å². The van der Waals surface area contributed by atoms with Crippen LogP contribution >= 0.6 is 0 Å². The number of hydrazine groups is 1. The van der Waals surface area contributed by atoms with Crippen molar-refractivity contribution in [3.8, 4) is 5.75 Å². The quantitative estimate of drug-likeness (QED) is 0.548. The number of benzene rings is 2. The average Bonchev–Trinajstić information content (AvgIpc) is 3.26. The molecule has 4 rings (SSSR count). The van der Waals surface area contributed by atoms with Crippen molar-refractivity contribution < 1.29 is 18.3 Å². The third-order valence-corrected chi connectivity index (χ3v) is 8.19. The molecule has 0 aliphatic carbocycles. The van der Waals surface area contributed by atoms with Gasteiger partial charge in [-0.25, -0.2) is 19.3 Å². The van der Waals surface area contributed by atoms with Gasteiger partial charge in [0, 0.05) is 24.3 Å². The molecule has 1 amide bonds. The first-order chi connectivity index (χ1) is 15.2. The lowest BCUT2D eigenvalue weighted by molar-refractivity contribution is -0.117. The van der Waals surface area contributed by atoms with E-state index in [9.17, 15) is 18.3 Å². The number of rotatable bonds is 5. The minimum absolute atomic E-state index is 0.189. The Bertz CT molecular complexity index is 1080. The molecule has 2 aromatic rings. The molecule has 2 aliphatic heterocycles. The Hall–Kier alpha value is -2.46. The fourth-order valence-corrected chi connectivity index (χ4v) is 5.67. The molecule has 172 valence electrons. The van der Waals surface area contributed by atoms with Gasteiger partial charge in [0.2, 0.25) is 15.9 Å². The van der Waals surface area contributed by atoms with Gasteiger partial charge in [-0.3, -0.25) is 4.79 Å². The van der Waals surface area contributed by atoms with Gasteiger partial charge in [-0.15, -0.1) is 0 Å². The fraction of sp³-hybridized carbons (Fsp3) is 0.435. The smallest absolute Gasteiger partial charge is 0.243 e. The van der Waals surface area contributed by atoms with E-state index in [1.54, 1.807) is 18.2 Å². The number of sulfonamides is 1. The number of aromatic hydroxyl groups is 1. The normalized spacial score (nSPS) is 22.7. The van der Waals surface area contributed by atoms with Crippen molar-refractivity contribution in [2.24, 2.45) is 5.92 Å². The zero-order chi connectivity index (χ0) is 22.9. The lowest BCUT2D eigenvalue weighted by Gasteiger charge is -2.29. The topological polar surface area (TPSA) is 111 Å². The van der Waals surface area contributed by atoms with Crippen LogP contribution in [0.4, 0.5) is 5.69 Å². The van der Waals surface area contributed by atoms with Crippen molar-refractivity contribution in [3.63, 3.8) is 0 Å². The van der Waals surface area contributed by atoms with Gasteiger partial charge in [0.1, 0.15) is 11.8 Å². The monoisotopic (exact) mass is 458 g/mol. The first kappa shape index (κ1) is 22.7. The number of hydrogen-bond acceptors (Lipinski definition) is 6. The lowest BCUT2D eigenvalue weighted by Crippen LogP contribution is -2.39. The second kappa shape index (κ2) is 9.19. The van der Waals surface area contributed by atoms with Crippen LogP contribution in [-0.2, 0) is 14.8 Å². The highest BCUT2D eigenvalue weighted by atomic mass is 32.2. The molecule has 0 spiro atoms. The molecular weight excluding hydrogens is 428 g/mol. The number of carbonyl (C=O) groups is 1. The van der Waals surface area contributed by atoms with Crippen molar-refractivity contribution in [2.45, 2.75) is 50.1 Å². The average molecular weight is 459 g/mol.